The largest absolute Gasteiger partial charge is 0.399 e. The molecule has 112 valence electrons. The molecule has 0 bridgehead atoms. The predicted molar refractivity (Wildman–Crippen MR) is 85.8 cm³/mol. The van der Waals surface area contributed by atoms with Crippen molar-refractivity contribution in [1.29, 1.82) is 0 Å². The molecule has 0 spiro atoms. The summed E-state index contributed by atoms with van der Waals surface area (Å²) in [5.74, 6) is -0.949. The molecule has 2 aromatic rings. The first-order valence-corrected chi connectivity index (χ1v) is 8.47. The number of hydrogen-bond acceptors (Lipinski definition) is 3. The van der Waals surface area contributed by atoms with Crippen LogP contribution in [0.2, 0.25) is 10.0 Å². The molecule has 0 amide bonds. The number of sulfonamides is 1. The number of hydrogen-bond donors (Lipinski definition) is 2. The van der Waals surface area contributed by atoms with Crippen molar-refractivity contribution in [3.63, 3.8) is 0 Å². The van der Waals surface area contributed by atoms with Gasteiger partial charge in [-0.2, -0.15) is 0 Å². The standard InChI is InChI=1S/C12H8BrCl2FN2O2S/c13-7-4-6(17)5-10(12(7)16)21(19,20)18-9-3-1-2-8(14)11(9)15/h1-5,18H,17H2. The molecule has 0 unspecified atom stereocenters. The van der Waals surface area contributed by atoms with E-state index in [-0.39, 0.29) is 25.9 Å². The Kier molecular flexibility index (Phi) is 4.67. The van der Waals surface area contributed by atoms with Crippen molar-refractivity contribution in [3.8, 4) is 0 Å². The van der Waals surface area contributed by atoms with Crippen LogP contribution in [0.25, 0.3) is 0 Å². The quantitative estimate of drug-likeness (QED) is 0.737. The zero-order chi connectivity index (χ0) is 15.8. The van der Waals surface area contributed by atoms with Gasteiger partial charge in [-0.05, 0) is 40.2 Å². The zero-order valence-electron chi connectivity index (χ0n) is 10.2. The Morgan fingerprint density at radius 2 is 1.90 bits per heavy atom. The van der Waals surface area contributed by atoms with E-state index in [2.05, 4.69) is 20.7 Å². The number of rotatable bonds is 3. The minimum Gasteiger partial charge on any atom is -0.399 e. The van der Waals surface area contributed by atoms with Crippen molar-refractivity contribution in [2.75, 3.05) is 10.5 Å². The molecule has 0 saturated carbocycles. The highest BCUT2D eigenvalue weighted by atomic mass is 79.9. The van der Waals surface area contributed by atoms with Crippen LogP contribution in [0.3, 0.4) is 0 Å². The third-order valence-electron chi connectivity index (χ3n) is 2.50. The molecule has 0 heterocycles. The lowest BCUT2D eigenvalue weighted by Crippen LogP contribution is -2.15. The van der Waals surface area contributed by atoms with Crippen LogP contribution in [0.5, 0.6) is 0 Å². The molecular weight excluding hydrogens is 406 g/mol. The van der Waals surface area contributed by atoms with E-state index in [0.717, 1.165) is 6.07 Å². The second-order valence-electron chi connectivity index (χ2n) is 4.02. The fourth-order valence-corrected chi connectivity index (χ4v) is 3.78. The van der Waals surface area contributed by atoms with E-state index < -0.39 is 20.7 Å². The molecule has 2 aromatic carbocycles. The summed E-state index contributed by atoms with van der Waals surface area (Å²) in [6.07, 6.45) is 0. The number of nitrogens with one attached hydrogen (secondary N) is 1. The minimum absolute atomic E-state index is 0.0196. The number of anilines is 2. The van der Waals surface area contributed by atoms with E-state index in [1.165, 1.54) is 24.3 Å². The molecule has 9 heteroatoms. The Labute approximate surface area is 139 Å². The van der Waals surface area contributed by atoms with Crippen molar-refractivity contribution in [3.05, 3.63) is 50.7 Å². The van der Waals surface area contributed by atoms with Crippen molar-refractivity contribution in [1.82, 2.24) is 0 Å². The van der Waals surface area contributed by atoms with Gasteiger partial charge in [0.1, 0.15) is 4.90 Å². The number of halogens is 4. The number of nitrogens with two attached hydrogens (primary N) is 1. The third-order valence-corrected chi connectivity index (χ3v) is 5.26. The van der Waals surface area contributed by atoms with Crippen LogP contribution in [0.15, 0.2) is 39.7 Å². The molecule has 0 saturated heterocycles. The van der Waals surface area contributed by atoms with Crippen LogP contribution in [0.4, 0.5) is 15.8 Å². The van der Waals surface area contributed by atoms with Crippen LogP contribution in [0, 0.1) is 5.82 Å². The summed E-state index contributed by atoms with van der Waals surface area (Å²) in [4.78, 5) is -0.592. The van der Waals surface area contributed by atoms with Gasteiger partial charge in [-0.15, -0.1) is 0 Å². The Balaban J connectivity index is 2.51. The van der Waals surface area contributed by atoms with Gasteiger partial charge < -0.3 is 5.73 Å². The van der Waals surface area contributed by atoms with E-state index in [4.69, 9.17) is 28.9 Å². The predicted octanol–water partition coefficient (Wildman–Crippen LogP) is 4.28. The first-order valence-electron chi connectivity index (χ1n) is 5.43. The molecule has 0 aliphatic rings. The van der Waals surface area contributed by atoms with Crippen LogP contribution in [-0.2, 0) is 10.0 Å². The highest BCUT2D eigenvalue weighted by Gasteiger charge is 2.23. The molecule has 0 aliphatic carbocycles. The van der Waals surface area contributed by atoms with Gasteiger partial charge in [-0.25, -0.2) is 12.8 Å². The van der Waals surface area contributed by atoms with E-state index in [0.29, 0.717) is 0 Å². The second-order valence-corrected chi connectivity index (χ2v) is 7.31. The summed E-state index contributed by atoms with van der Waals surface area (Å²) < 4.78 is 40.6. The first-order chi connectivity index (χ1) is 9.72. The molecule has 0 radical (unpaired) electrons. The molecule has 3 N–H and O–H groups in total. The fourth-order valence-electron chi connectivity index (χ4n) is 1.56. The Hall–Kier alpha value is -1.02. The highest BCUT2D eigenvalue weighted by Crippen LogP contribution is 2.32. The van der Waals surface area contributed by atoms with Gasteiger partial charge in [0, 0.05) is 5.69 Å². The van der Waals surface area contributed by atoms with E-state index >= 15 is 0 Å². The summed E-state index contributed by atoms with van der Waals surface area (Å²) in [6.45, 7) is 0. The van der Waals surface area contributed by atoms with Gasteiger partial charge in [0.25, 0.3) is 10.0 Å². The molecule has 0 aliphatic heterocycles. The lowest BCUT2D eigenvalue weighted by Gasteiger charge is -2.12. The minimum atomic E-state index is -4.21. The van der Waals surface area contributed by atoms with Crippen LogP contribution in [-0.4, -0.2) is 8.42 Å². The average molecular weight is 414 g/mol. The maximum Gasteiger partial charge on any atom is 0.264 e. The Bertz CT molecular complexity index is 815. The fraction of sp³-hybridized carbons (Fsp3) is 0. The summed E-state index contributed by atoms with van der Waals surface area (Å²) >= 11 is 14.6. The average Bonchev–Trinajstić information content (AvgIpc) is 2.39. The maximum absolute atomic E-state index is 14.0. The SMILES string of the molecule is Nc1cc(Br)c(F)c(S(=O)(=O)Nc2cccc(Cl)c2Cl)c1. The smallest absolute Gasteiger partial charge is 0.264 e. The van der Waals surface area contributed by atoms with E-state index in [1.54, 1.807) is 0 Å². The zero-order valence-corrected chi connectivity index (χ0v) is 14.1. The molecule has 0 aromatic heterocycles. The second kappa shape index (κ2) is 6.00. The van der Waals surface area contributed by atoms with Crippen molar-refractivity contribution >= 4 is 60.5 Å². The summed E-state index contributed by atoms with van der Waals surface area (Å²) in [5.41, 5.74) is 5.68. The topological polar surface area (TPSA) is 72.2 Å². The van der Waals surface area contributed by atoms with Crippen LogP contribution in [0.1, 0.15) is 0 Å². The lowest BCUT2D eigenvalue weighted by atomic mass is 10.3. The molecule has 21 heavy (non-hydrogen) atoms. The molecule has 2 rings (SSSR count). The molecule has 0 fully saturated rings. The lowest BCUT2D eigenvalue weighted by molar-refractivity contribution is 0.567. The van der Waals surface area contributed by atoms with Gasteiger partial charge in [0.15, 0.2) is 5.82 Å². The van der Waals surface area contributed by atoms with Gasteiger partial charge in [-0.3, -0.25) is 4.72 Å². The van der Waals surface area contributed by atoms with Crippen LogP contribution >= 0.6 is 39.1 Å². The van der Waals surface area contributed by atoms with E-state index in [9.17, 15) is 12.8 Å². The van der Waals surface area contributed by atoms with Gasteiger partial charge in [-0.1, -0.05) is 29.3 Å². The summed E-state index contributed by atoms with van der Waals surface area (Å²) in [6, 6.07) is 6.70. The third kappa shape index (κ3) is 3.42. The van der Waals surface area contributed by atoms with Crippen molar-refractivity contribution in [2.24, 2.45) is 0 Å². The summed E-state index contributed by atoms with van der Waals surface area (Å²) in [5, 5.41) is 0.192. The maximum atomic E-state index is 14.0. The highest BCUT2D eigenvalue weighted by molar-refractivity contribution is 9.10. The van der Waals surface area contributed by atoms with Crippen molar-refractivity contribution < 1.29 is 12.8 Å². The van der Waals surface area contributed by atoms with Crippen LogP contribution < -0.4 is 10.5 Å². The van der Waals surface area contributed by atoms with Crippen molar-refractivity contribution in [2.45, 2.75) is 4.90 Å². The molecule has 0 atom stereocenters. The molecular formula is C12H8BrCl2FN2O2S. The number of benzene rings is 2. The van der Waals surface area contributed by atoms with E-state index in [1.807, 2.05) is 0 Å². The van der Waals surface area contributed by atoms with Gasteiger partial charge >= 0.3 is 0 Å². The Morgan fingerprint density at radius 3 is 2.57 bits per heavy atom. The normalized spacial score (nSPS) is 11.4. The number of nitrogen functional groups attached to an aromatic ring is 1. The Morgan fingerprint density at radius 1 is 1.24 bits per heavy atom. The summed E-state index contributed by atoms with van der Waals surface area (Å²) in [7, 11) is -4.21. The molecule has 4 nitrogen and oxygen atoms in total. The first kappa shape index (κ1) is 16.4. The monoisotopic (exact) mass is 412 g/mol. The van der Waals surface area contributed by atoms with Gasteiger partial charge in [0.05, 0.1) is 20.2 Å². The van der Waals surface area contributed by atoms with Gasteiger partial charge in [0.2, 0.25) is 0 Å².